The number of methoxy groups -OCH3 is 1. The molecule has 1 aliphatic rings. The monoisotopic (exact) mass is 219 g/mol. The predicted molar refractivity (Wildman–Crippen MR) is 60.8 cm³/mol. The molecule has 1 fully saturated rings. The maximum absolute atomic E-state index is 10.2. The van der Waals surface area contributed by atoms with Gasteiger partial charge in [-0.25, -0.2) is 0 Å². The van der Waals surface area contributed by atoms with E-state index in [0.717, 1.165) is 24.3 Å². The Bertz CT molecular complexity index is 160. The average molecular weight is 219 g/mol. The van der Waals surface area contributed by atoms with Gasteiger partial charge < -0.3 is 15.2 Å². The highest BCUT2D eigenvalue weighted by Crippen LogP contribution is 2.26. The molecule has 3 nitrogen and oxygen atoms in total. The van der Waals surface area contributed by atoms with Crippen molar-refractivity contribution in [2.75, 3.05) is 31.8 Å². The van der Waals surface area contributed by atoms with Gasteiger partial charge in [0.15, 0.2) is 0 Å². The standard InChI is InChI=1S/C10H21NO2S/c1-9(7-13-2)11-8-10(12)3-5-14-6-4-10/h9,11-12H,3-8H2,1-2H3. The van der Waals surface area contributed by atoms with Crippen molar-refractivity contribution in [3.8, 4) is 0 Å². The molecule has 0 aromatic carbocycles. The Morgan fingerprint density at radius 2 is 2.14 bits per heavy atom. The van der Waals surface area contributed by atoms with Gasteiger partial charge in [0.2, 0.25) is 0 Å². The fourth-order valence-electron chi connectivity index (χ4n) is 1.60. The van der Waals surface area contributed by atoms with Crippen LogP contribution in [0.5, 0.6) is 0 Å². The summed E-state index contributed by atoms with van der Waals surface area (Å²) in [7, 11) is 1.70. The van der Waals surface area contributed by atoms with Crippen LogP contribution in [0.15, 0.2) is 0 Å². The number of thioether (sulfide) groups is 1. The molecule has 0 bridgehead atoms. The molecule has 4 heteroatoms. The van der Waals surface area contributed by atoms with Crippen LogP contribution >= 0.6 is 11.8 Å². The Morgan fingerprint density at radius 1 is 1.50 bits per heavy atom. The van der Waals surface area contributed by atoms with Crippen LogP contribution in [0, 0.1) is 0 Å². The number of nitrogens with one attached hydrogen (secondary N) is 1. The van der Waals surface area contributed by atoms with Gasteiger partial charge >= 0.3 is 0 Å². The number of hydrogen-bond donors (Lipinski definition) is 2. The van der Waals surface area contributed by atoms with Crippen molar-refractivity contribution in [2.24, 2.45) is 0 Å². The van der Waals surface area contributed by atoms with Gasteiger partial charge in [0, 0.05) is 19.7 Å². The second kappa shape index (κ2) is 5.95. The highest BCUT2D eigenvalue weighted by Gasteiger charge is 2.29. The van der Waals surface area contributed by atoms with Crippen molar-refractivity contribution in [3.05, 3.63) is 0 Å². The van der Waals surface area contributed by atoms with E-state index in [1.54, 1.807) is 7.11 Å². The molecule has 0 aromatic heterocycles. The number of hydrogen-bond acceptors (Lipinski definition) is 4. The van der Waals surface area contributed by atoms with E-state index in [1.165, 1.54) is 0 Å². The van der Waals surface area contributed by atoms with Crippen LogP contribution < -0.4 is 5.32 Å². The molecule has 0 aliphatic carbocycles. The molecule has 0 saturated carbocycles. The summed E-state index contributed by atoms with van der Waals surface area (Å²) in [6, 6.07) is 0.318. The summed E-state index contributed by atoms with van der Waals surface area (Å²) in [6.07, 6.45) is 1.81. The van der Waals surface area contributed by atoms with Crippen molar-refractivity contribution in [2.45, 2.75) is 31.4 Å². The summed E-state index contributed by atoms with van der Waals surface area (Å²) in [5.74, 6) is 2.16. The molecule has 1 heterocycles. The first-order valence-electron chi connectivity index (χ1n) is 5.19. The van der Waals surface area contributed by atoms with E-state index in [4.69, 9.17) is 4.74 Å². The highest BCUT2D eigenvalue weighted by molar-refractivity contribution is 7.99. The minimum absolute atomic E-state index is 0.318. The first kappa shape index (κ1) is 12.3. The predicted octanol–water partition coefficient (Wildman–Crippen LogP) is 0.869. The number of ether oxygens (including phenoxy) is 1. The molecule has 84 valence electrons. The van der Waals surface area contributed by atoms with Gasteiger partial charge in [-0.3, -0.25) is 0 Å². The van der Waals surface area contributed by atoms with Crippen LogP contribution in [0.3, 0.4) is 0 Å². The molecule has 1 saturated heterocycles. The normalized spacial score (nSPS) is 23.4. The molecule has 0 amide bonds. The lowest BCUT2D eigenvalue weighted by atomic mass is 9.96. The molecular formula is C10H21NO2S. The van der Waals surface area contributed by atoms with Crippen molar-refractivity contribution in [1.29, 1.82) is 0 Å². The average Bonchev–Trinajstić information content (AvgIpc) is 2.17. The first-order valence-corrected chi connectivity index (χ1v) is 6.34. The summed E-state index contributed by atoms with van der Waals surface area (Å²) < 4.78 is 5.03. The van der Waals surface area contributed by atoms with Gasteiger partial charge in [0.05, 0.1) is 12.2 Å². The molecule has 1 aliphatic heterocycles. The fourth-order valence-corrected chi connectivity index (χ4v) is 2.85. The summed E-state index contributed by atoms with van der Waals surface area (Å²) in [5.41, 5.74) is -0.479. The van der Waals surface area contributed by atoms with Gasteiger partial charge in [-0.2, -0.15) is 11.8 Å². The van der Waals surface area contributed by atoms with Gasteiger partial charge in [0.1, 0.15) is 0 Å². The first-order chi connectivity index (χ1) is 6.66. The zero-order chi connectivity index (χ0) is 10.4. The summed E-state index contributed by atoms with van der Waals surface area (Å²) in [4.78, 5) is 0. The fraction of sp³-hybridized carbons (Fsp3) is 1.00. The van der Waals surface area contributed by atoms with Crippen molar-refractivity contribution >= 4 is 11.8 Å². The van der Waals surface area contributed by atoms with Crippen LogP contribution in [-0.2, 0) is 4.74 Å². The van der Waals surface area contributed by atoms with Crippen LogP contribution in [0.1, 0.15) is 19.8 Å². The third-order valence-electron chi connectivity index (χ3n) is 2.62. The van der Waals surface area contributed by atoms with E-state index in [-0.39, 0.29) is 0 Å². The van der Waals surface area contributed by atoms with Crippen molar-refractivity contribution in [3.63, 3.8) is 0 Å². The molecule has 1 atom stereocenters. The minimum Gasteiger partial charge on any atom is -0.389 e. The lowest BCUT2D eigenvalue weighted by Gasteiger charge is -2.33. The van der Waals surface area contributed by atoms with Crippen LogP contribution in [0.25, 0.3) is 0 Å². The van der Waals surface area contributed by atoms with Gasteiger partial charge in [0.25, 0.3) is 0 Å². The highest BCUT2D eigenvalue weighted by atomic mass is 32.2. The number of aliphatic hydroxyl groups is 1. The molecule has 0 radical (unpaired) electrons. The van der Waals surface area contributed by atoms with Crippen LogP contribution in [0.2, 0.25) is 0 Å². The van der Waals surface area contributed by atoms with Crippen molar-refractivity contribution in [1.82, 2.24) is 5.32 Å². The maximum Gasteiger partial charge on any atom is 0.0787 e. The van der Waals surface area contributed by atoms with Crippen LogP contribution in [-0.4, -0.2) is 48.5 Å². The third kappa shape index (κ3) is 4.17. The summed E-state index contributed by atoms with van der Waals surface area (Å²) >= 11 is 1.93. The summed E-state index contributed by atoms with van der Waals surface area (Å²) in [5, 5.41) is 13.5. The molecule has 14 heavy (non-hydrogen) atoms. The van der Waals surface area contributed by atoms with Gasteiger partial charge in [-0.15, -0.1) is 0 Å². The van der Waals surface area contributed by atoms with E-state index in [0.29, 0.717) is 19.2 Å². The van der Waals surface area contributed by atoms with E-state index in [9.17, 15) is 5.11 Å². The Balaban J connectivity index is 2.21. The van der Waals surface area contributed by atoms with Gasteiger partial charge in [-0.1, -0.05) is 0 Å². The second-order valence-electron chi connectivity index (χ2n) is 4.07. The smallest absolute Gasteiger partial charge is 0.0787 e. The largest absolute Gasteiger partial charge is 0.389 e. The zero-order valence-corrected chi connectivity index (χ0v) is 9.90. The molecular weight excluding hydrogens is 198 g/mol. The molecule has 2 N–H and O–H groups in total. The maximum atomic E-state index is 10.2. The van der Waals surface area contributed by atoms with E-state index < -0.39 is 5.60 Å². The van der Waals surface area contributed by atoms with Crippen molar-refractivity contribution < 1.29 is 9.84 Å². The lowest BCUT2D eigenvalue weighted by Crippen LogP contribution is -2.46. The Labute approximate surface area is 90.6 Å². The summed E-state index contributed by atoms with van der Waals surface area (Å²) in [6.45, 7) is 3.47. The molecule has 1 unspecified atom stereocenters. The second-order valence-corrected chi connectivity index (χ2v) is 5.30. The molecule has 0 spiro atoms. The molecule has 0 aromatic rings. The Morgan fingerprint density at radius 3 is 2.71 bits per heavy atom. The molecule has 1 rings (SSSR count). The topological polar surface area (TPSA) is 41.5 Å². The van der Waals surface area contributed by atoms with E-state index in [2.05, 4.69) is 12.2 Å². The van der Waals surface area contributed by atoms with Gasteiger partial charge in [-0.05, 0) is 31.3 Å². The minimum atomic E-state index is -0.479. The number of rotatable bonds is 5. The van der Waals surface area contributed by atoms with Crippen LogP contribution in [0.4, 0.5) is 0 Å². The SMILES string of the molecule is COCC(C)NCC1(O)CCSCC1. The lowest BCUT2D eigenvalue weighted by molar-refractivity contribution is 0.0270. The quantitative estimate of drug-likeness (QED) is 0.720. The van der Waals surface area contributed by atoms with E-state index in [1.807, 2.05) is 11.8 Å². The third-order valence-corrected chi connectivity index (χ3v) is 3.61. The van der Waals surface area contributed by atoms with E-state index >= 15 is 0 Å². The Kier molecular flexibility index (Phi) is 5.23. The zero-order valence-electron chi connectivity index (χ0n) is 9.08. The Hall–Kier alpha value is 0.230.